The van der Waals surface area contributed by atoms with Gasteiger partial charge in [-0.2, -0.15) is 5.26 Å². The van der Waals surface area contributed by atoms with Crippen LogP contribution in [0, 0.1) is 18.3 Å². The molecule has 1 aromatic carbocycles. The van der Waals surface area contributed by atoms with Gasteiger partial charge >= 0.3 is 6.09 Å². The molecule has 1 amide bonds. The van der Waals surface area contributed by atoms with Crippen LogP contribution in [-0.2, 0) is 4.74 Å². The summed E-state index contributed by atoms with van der Waals surface area (Å²) in [6, 6.07) is 7.30. The molecular formula is C11H12N2O2. The van der Waals surface area contributed by atoms with Gasteiger partial charge in [0.2, 0.25) is 0 Å². The second kappa shape index (κ2) is 5.01. The Morgan fingerprint density at radius 3 is 2.93 bits per heavy atom. The normalized spacial score (nSPS) is 9.13. The predicted molar refractivity (Wildman–Crippen MR) is 56.5 cm³/mol. The summed E-state index contributed by atoms with van der Waals surface area (Å²) in [5.74, 6) is 0. The van der Waals surface area contributed by atoms with Gasteiger partial charge in [-0.1, -0.05) is 12.1 Å². The number of carbonyl (C=O) groups is 1. The number of ether oxygens (including phenoxy) is 1. The van der Waals surface area contributed by atoms with E-state index in [2.05, 4.69) is 5.32 Å². The number of aryl methyl sites for hydroxylation is 1. The van der Waals surface area contributed by atoms with Crippen LogP contribution in [0.5, 0.6) is 0 Å². The summed E-state index contributed by atoms with van der Waals surface area (Å²) < 4.78 is 4.73. The highest BCUT2D eigenvalue weighted by Gasteiger charge is 2.08. The number of nitriles is 1. The average molecular weight is 204 g/mol. The van der Waals surface area contributed by atoms with Crippen LogP contribution < -0.4 is 5.32 Å². The fourth-order valence-corrected chi connectivity index (χ4v) is 1.20. The molecule has 0 bridgehead atoms. The fraction of sp³-hybridized carbons (Fsp3) is 0.273. The second-order valence-electron chi connectivity index (χ2n) is 2.95. The molecule has 1 aromatic rings. The molecule has 4 nitrogen and oxygen atoms in total. The Balaban J connectivity index is 2.91. The van der Waals surface area contributed by atoms with Crippen molar-refractivity contribution in [2.24, 2.45) is 0 Å². The molecule has 1 rings (SSSR count). The van der Waals surface area contributed by atoms with E-state index in [-0.39, 0.29) is 0 Å². The highest BCUT2D eigenvalue weighted by Crippen LogP contribution is 2.18. The van der Waals surface area contributed by atoms with E-state index in [0.29, 0.717) is 17.9 Å². The van der Waals surface area contributed by atoms with Crippen LogP contribution in [-0.4, -0.2) is 12.7 Å². The zero-order valence-corrected chi connectivity index (χ0v) is 8.70. The van der Waals surface area contributed by atoms with Gasteiger partial charge in [-0.05, 0) is 25.5 Å². The Hall–Kier alpha value is -2.02. The molecule has 0 aliphatic carbocycles. The molecule has 0 fully saturated rings. The van der Waals surface area contributed by atoms with Gasteiger partial charge in [-0.25, -0.2) is 4.79 Å². The fourth-order valence-electron chi connectivity index (χ4n) is 1.20. The van der Waals surface area contributed by atoms with E-state index < -0.39 is 6.09 Å². The lowest BCUT2D eigenvalue weighted by molar-refractivity contribution is 0.168. The minimum atomic E-state index is -0.542. The molecule has 78 valence electrons. The van der Waals surface area contributed by atoms with Crippen molar-refractivity contribution in [2.45, 2.75) is 13.8 Å². The summed E-state index contributed by atoms with van der Waals surface area (Å²) in [6.07, 6.45) is -0.542. The van der Waals surface area contributed by atoms with Crippen molar-refractivity contribution in [2.75, 3.05) is 11.9 Å². The summed E-state index contributed by atoms with van der Waals surface area (Å²) in [7, 11) is 0. The Labute approximate surface area is 88.5 Å². The molecule has 4 heteroatoms. The number of nitrogens with zero attached hydrogens (tertiary/aromatic N) is 1. The Morgan fingerprint density at radius 2 is 2.33 bits per heavy atom. The molecule has 1 N–H and O–H groups in total. The lowest BCUT2D eigenvalue weighted by Crippen LogP contribution is -2.14. The molecule has 0 unspecified atom stereocenters. The SMILES string of the molecule is CCOC(=O)Nc1cccc(C)c1C#N. The van der Waals surface area contributed by atoms with Crippen LogP contribution in [0.2, 0.25) is 0 Å². The third-order valence-electron chi connectivity index (χ3n) is 1.90. The van der Waals surface area contributed by atoms with Gasteiger partial charge in [0.1, 0.15) is 6.07 Å². The maximum atomic E-state index is 11.1. The van der Waals surface area contributed by atoms with Crippen LogP contribution in [0.3, 0.4) is 0 Å². The van der Waals surface area contributed by atoms with Crippen LogP contribution in [0.4, 0.5) is 10.5 Å². The zero-order valence-electron chi connectivity index (χ0n) is 8.70. The van der Waals surface area contributed by atoms with Gasteiger partial charge in [0.15, 0.2) is 0 Å². The summed E-state index contributed by atoms with van der Waals surface area (Å²) >= 11 is 0. The van der Waals surface area contributed by atoms with Gasteiger partial charge in [0, 0.05) is 0 Å². The smallest absolute Gasteiger partial charge is 0.411 e. The third-order valence-corrected chi connectivity index (χ3v) is 1.90. The summed E-state index contributed by atoms with van der Waals surface area (Å²) in [4.78, 5) is 11.1. The quantitative estimate of drug-likeness (QED) is 0.804. The average Bonchev–Trinajstić information content (AvgIpc) is 2.18. The van der Waals surface area contributed by atoms with Crippen molar-refractivity contribution < 1.29 is 9.53 Å². The first-order chi connectivity index (χ1) is 7.19. The number of carbonyl (C=O) groups excluding carboxylic acids is 1. The minimum Gasteiger partial charge on any atom is -0.450 e. The zero-order chi connectivity index (χ0) is 11.3. The molecule has 0 radical (unpaired) electrons. The number of hydrogen-bond donors (Lipinski definition) is 1. The molecule has 0 heterocycles. The molecule has 0 spiro atoms. The van der Waals surface area contributed by atoms with Gasteiger partial charge in [-0.15, -0.1) is 0 Å². The van der Waals surface area contributed by atoms with Crippen LogP contribution in [0.1, 0.15) is 18.1 Å². The van der Waals surface area contributed by atoms with Gasteiger partial charge in [0.05, 0.1) is 17.9 Å². The minimum absolute atomic E-state index is 0.305. The first kappa shape index (κ1) is 11.1. The van der Waals surface area contributed by atoms with Crippen LogP contribution >= 0.6 is 0 Å². The van der Waals surface area contributed by atoms with Crippen LogP contribution in [0.15, 0.2) is 18.2 Å². The summed E-state index contributed by atoms with van der Waals surface area (Å²) in [5, 5.41) is 11.4. The number of benzene rings is 1. The monoisotopic (exact) mass is 204 g/mol. The van der Waals surface area contributed by atoms with Crippen molar-refractivity contribution in [1.82, 2.24) is 0 Å². The molecule has 0 saturated heterocycles. The van der Waals surface area contributed by atoms with E-state index in [1.165, 1.54) is 0 Å². The van der Waals surface area contributed by atoms with E-state index in [1.54, 1.807) is 19.1 Å². The Bertz CT molecular complexity index is 408. The molecule has 0 aliphatic rings. The van der Waals surface area contributed by atoms with Crippen molar-refractivity contribution in [3.63, 3.8) is 0 Å². The highest BCUT2D eigenvalue weighted by molar-refractivity contribution is 5.86. The number of anilines is 1. The topological polar surface area (TPSA) is 62.1 Å². The standard InChI is InChI=1S/C11H12N2O2/c1-3-15-11(14)13-10-6-4-5-8(2)9(10)7-12/h4-6H,3H2,1-2H3,(H,13,14). The van der Waals surface area contributed by atoms with Crippen LogP contribution in [0.25, 0.3) is 0 Å². The van der Waals surface area contributed by atoms with Crippen molar-refractivity contribution >= 4 is 11.8 Å². The van der Waals surface area contributed by atoms with Crippen molar-refractivity contribution in [3.8, 4) is 6.07 Å². The van der Waals surface area contributed by atoms with E-state index >= 15 is 0 Å². The third kappa shape index (κ3) is 2.71. The Morgan fingerprint density at radius 1 is 1.60 bits per heavy atom. The lowest BCUT2D eigenvalue weighted by atomic mass is 10.1. The maximum absolute atomic E-state index is 11.1. The van der Waals surface area contributed by atoms with E-state index in [1.807, 2.05) is 19.1 Å². The Kier molecular flexibility index (Phi) is 3.69. The molecule has 0 saturated carbocycles. The molecular weight excluding hydrogens is 192 g/mol. The maximum Gasteiger partial charge on any atom is 0.411 e. The second-order valence-corrected chi connectivity index (χ2v) is 2.95. The molecule has 0 aromatic heterocycles. The number of rotatable bonds is 2. The number of amides is 1. The van der Waals surface area contributed by atoms with Gasteiger partial charge < -0.3 is 4.74 Å². The molecule has 15 heavy (non-hydrogen) atoms. The first-order valence-corrected chi connectivity index (χ1v) is 4.62. The highest BCUT2D eigenvalue weighted by atomic mass is 16.5. The summed E-state index contributed by atoms with van der Waals surface area (Å²) in [5.41, 5.74) is 1.77. The van der Waals surface area contributed by atoms with Crippen molar-refractivity contribution in [1.29, 1.82) is 5.26 Å². The first-order valence-electron chi connectivity index (χ1n) is 4.62. The lowest BCUT2D eigenvalue weighted by Gasteiger charge is -2.07. The van der Waals surface area contributed by atoms with Gasteiger partial charge in [0.25, 0.3) is 0 Å². The van der Waals surface area contributed by atoms with Crippen molar-refractivity contribution in [3.05, 3.63) is 29.3 Å². The van der Waals surface area contributed by atoms with E-state index in [9.17, 15) is 4.79 Å². The van der Waals surface area contributed by atoms with E-state index in [4.69, 9.17) is 10.00 Å². The summed E-state index contributed by atoms with van der Waals surface area (Å²) in [6.45, 7) is 3.84. The predicted octanol–water partition coefficient (Wildman–Crippen LogP) is 2.44. The molecule has 0 atom stereocenters. The van der Waals surface area contributed by atoms with E-state index in [0.717, 1.165) is 5.56 Å². The number of hydrogen-bond acceptors (Lipinski definition) is 3. The largest absolute Gasteiger partial charge is 0.450 e. The number of nitrogens with one attached hydrogen (secondary N) is 1. The molecule has 0 aliphatic heterocycles. The van der Waals surface area contributed by atoms with Gasteiger partial charge in [-0.3, -0.25) is 5.32 Å².